The summed E-state index contributed by atoms with van der Waals surface area (Å²) in [5.41, 5.74) is 5.83. The Hall–Kier alpha value is -2.85. The number of ether oxygens (including phenoxy) is 1. The van der Waals surface area contributed by atoms with E-state index < -0.39 is 0 Å². The molecule has 126 valence electrons. The summed E-state index contributed by atoms with van der Waals surface area (Å²) >= 11 is 0. The molecule has 0 radical (unpaired) electrons. The van der Waals surface area contributed by atoms with Crippen molar-refractivity contribution in [3.8, 4) is 17.0 Å². The SMILES string of the molecule is CCc1ccc2c(c1)c(OC)cc1nc(-c3ccccc3CO)cn12. The maximum absolute atomic E-state index is 9.61. The van der Waals surface area contributed by atoms with Gasteiger partial charge in [0.2, 0.25) is 0 Å². The molecule has 0 aliphatic rings. The van der Waals surface area contributed by atoms with E-state index in [9.17, 15) is 5.11 Å². The van der Waals surface area contributed by atoms with Crippen molar-refractivity contribution in [1.29, 1.82) is 0 Å². The molecule has 4 heteroatoms. The Balaban J connectivity index is 2.01. The third kappa shape index (κ3) is 2.55. The normalized spacial score (nSPS) is 11.3. The standard InChI is InChI=1S/C21H20N2O2/c1-3-14-8-9-19-17(10-14)20(25-2)11-21-22-18(12-23(19)21)16-7-5-4-6-15(16)13-24/h4-12,24H,3,13H2,1-2H3. The molecule has 0 amide bonds. The number of fused-ring (bicyclic) bond motifs is 3. The Kier molecular flexibility index (Phi) is 3.90. The maximum Gasteiger partial charge on any atom is 0.141 e. The quantitative estimate of drug-likeness (QED) is 0.609. The van der Waals surface area contributed by atoms with Crippen LogP contribution in [0.4, 0.5) is 0 Å². The lowest BCUT2D eigenvalue weighted by molar-refractivity contribution is 0.282. The van der Waals surface area contributed by atoms with Crippen molar-refractivity contribution >= 4 is 16.6 Å². The van der Waals surface area contributed by atoms with E-state index in [1.54, 1.807) is 7.11 Å². The van der Waals surface area contributed by atoms with Crippen molar-refractivity contribution in [1.82, 2.24) is 9.38 Å². The number of aromatic nitrogens is 2. The average molecular weight is 332 g/mol. The van der Waals surface area contributed by atoms with E-state index in [2.05, 4.69) is 29.5 Å². The Morgan fingerprint density at radius 1 is 1.12 bits per heavy atom. The smallest absolute Gasteiger partial charge is 0.141 e. The van der Waals surface area contributed by atoms with Gasteiger partial charge in [0.15, 0.2) is 0 Å². The number of aliphatic hydroxyl groups excluding tert-OH is 1. The highest BCUT2D eigenvalue weighted by molar-refractivity contribution is 5.89. The first-order chi connectivity index (χ1) is 12.2. The summed E-state index contributed by atoms with van der Waals surface area (Å²) in [6, 6.07) is 16.2. The number of aliphatic hydroxyl groups is 1. The van der Waals surface area contributed by atoms with Crippen molar-refractivity contribution in [2.45, 2.75) is 20.0 Å². The molecule has 0 bridgehead atoms. The number of aryl methyl sites for hydroxylation is 1. The molecule has 4 nitrogen and oxygen atoms in total. The van der Waals surface area contributed by atoms with Crippen LogP contribution in [0.3, 0.4) is 0 Å². The van der Waals surface area contributed by atoms with Crippen LogP contribution in [0.25, 0.3) is 27.8 Å². The molecule has 2 heterocycles. The molecule has 25 heavy (non-hydrogen) atoms. The third-order valence-corrected chi connectivity index (χ3v) is 4.67. The maximum atomic E-state index is 9.61. The first kappa shape index (κ1) is 15.7. The molecule has 0 saturated heterocycles. The van der Waals surface area contributed by atoms with Crippen molar-refractivity contribution in [3.05, 3.63) is 65.9 Å². The van der Waals surface area contributed by atoms with Crippen molar-refractivity contribution in [2.24, 2.45) is 0 Å². The molecule has 0 saturated carbocycles. The van der Waals surface area contributed by atoms with Gasteiger partial charge in [0.25, 0.3) is 0 Å². The number of nitrogens with zero attached hydrogens (tertiary/aromatic N) is 2. The monoisotopic (exact) mass is 332 g/mol. The summed E-state index contributed by atoms with van der Waals surface area (Å²) in [7, 11) is 1.69. The fourth-order valence-corrected chi connectivity index (χ4v) is 3.30. The lowest BCUT2D eigenvalue weighted by Crippen LogP contribution is -1.93. The van der Waals surface area contributed by atoms with E-state index in [1.807, 2.05) is 36.5 Å². The van der Waals surface area contributed by atoms with Crippen molar-refractivity contribution in [3.63, 3.8) is 0 Å². The summed E-state index contributed by atoms with van der Waals surface area (Å²) in [5, 5.41) is 10.7. The lowest BCUT2D eigenvalue weighted by Gasteiger charge is -2.09. The van der Waals surface area contributed by atoms with Crippen LogP contribution in [-0.2, 0) is 13.0 Å². The Labute approximate surface area is 146 Å². The van der Waals surface area contributed by atoms with Crippen LogP contribution >= 0.6 is 0 Å². The van der Waals surface area contributed by atoms with Gasteiger partial charge in [0.05, 0.1) is 24.9 Å². The number of benzene rings is 2. The molecule has 0 spiro atoms. The second-order valence-electron chi connectivity index (χ2n) is 6.09. The summed E-state index contributed by atoms with van der Waals surface area (Å²) in [6.45, 7) is 2.14. The molecule has 4 aromatic rings. The van der Waals surface area contributed by atoms with Gasteiger partial charge < -0.3 is 9.84 Å². The summed E-state index contributed by atoms with van der Waals surface area (Å²) in [5.74, 6) is 0.824. The van der Waals surface area contributed by atoms with Gasteiger partial charge in [-0.1, -0.05) is 37.3 Å². The van der Waals surface area contributed by atoms with Gasteiger partial charge in [0, 0.05) is 23.2 Å². The predicted octanol–water partition coefficient (Wildman–Crippen LogP) is 4.22. The first-order valence-corrected chi connectivity index (χ1v) is 8.43. The molecular formula is C21H20N2O2. The Bertz CT molecular complexity index is 1070. The van der Waals surface area contributed by atoms with E-state index in [0.717, 1.165) is 45.5 Å². The number of rotatable bonds is 4. The van der Waals surface area contributed by atoms with Crippen LogP contribution in [-0.4, -0.2) is 21.6 Å². The molecule has 2 aromatic heterocycles. The molecular weight excluding hydrogens is 312 g/mol. The van der Waals surface area contributed by atoms with E-state index >= 15 is 0 Å². The highest BCUT2D eigenvalue weighted by Crippen LogP contribution is 2.31. The second kappa shape index (κ2) is 6.22. The number of pyridine rings is 1. The van der Waals surface area contributed by atoms with E-state index in [4.69, 9.17) is 9.72 Å². The molecule has 0 atom stereocenters. The topological polar surface area (TPSA) is 46.8 Å². The first-order valence-electron chi connectivity index (χ1n) is 8.43. The second-order valence-corrected chi connectivity index (χ2v) is 6.09. The average Bonchev–Trinajstić information content (AvgIpc) is 3.10. The largest absolute Gasteiger partial charge is 0.496 e. The molecule has 0 aliphatic heterocycles. The highest BCUT2D eigenvalue weighted by Gasteiger charge is 2.13. The zero-order valence-corrected chi connectivity index (χ0v) is 14.4. The fraction of sp³-hybridized carbons (Fsp3) is 0.190. The predicted molar refractivity (Wildman–Crippen MR) is 100.0 cm³/mol. The van der Waals surface area contributed by atoms with Gasteiger partial charge in [-0.2, -0.15) is 0 Å². The van der Waals surface area contributed by atoms with E-state index in [1.165, 1.54) is 5.56 Å². The molecule has 4 rings (SSSR count). The van der Waals surface area contributed by atoms with Gasteiger partial charge in [-0.3, -0.25) is 4.40 Å². The van der Waals surface area contributed by atoms with Gasteiger partial charge in [0.1, 0.15) is 11.4 Å². The lowest BCUT2D eigenvalue weighted by atomic mass is 10.1. The van der Waals surface area contributed by atoms with Crippen molar-refractivity contribution < 1.29 is 9.84 Å². The molecule has 0 fully saturated rings. The van der Waals surface area contributed by atoms with Crippen molar-refractivity contribution in [2.75, 3.05) is 7.11 Å². The number of imidazole rings is 1. The van der Waals surface area contributed by atoms with E-state index in [0.29, 0.717) is 0 Å². The number of hydrogen-bond acceptors (Lipinski definition) is 3. The fourth-order valence-electron chi connectivity index (χ4n) is 3.30. The molecule has 2 aromatic carbocycles. The third-order valence-electron chi connectivity index (χ3n) is 4.67. The molecule has 1 N–H and O–H groups in total. The summed E-state index contributed by atoms with van der Waals surface area (Å²) in [6.07, 6.45) is 3.01. The Morgan fingerprint density at radius 2 is 1.96 bits per heavy atom. The van der Waals surface area contributed by atoms with Crippen LogP contribution in [0.5, 0.6) is 5.75 Å². The van der Waals surface area contributed by atoms with Crippen LogP contribution in [0.2, 0.25) is 0 Å². The highest BCUT2D eigenvalue weighted by atomic mass is 16.5. The van der Waals surface area contributed by atoms with Crippen LogP contribution < -0.4 is 4.74 Å². The zero-order valence-electron chi connectivity index (χ0n) is 14.4. The van der Waals surface area contributed by atoms with Gasteiger partial charge in [-0.05, 0) is 29.7 Å². The minimum absolute atomic E-state index is 0.00598. The zero-order chi connectivity index (χ0) is 17.4. The number of methoxy groups -OCH3 is 1. The summed E-state index contributed by atoms with van der Waals surface area (Å²) in [4.78, 5) is 4.76. The van der Waals surface area contributed by atoms with Gasteiger partial charge in [-0.15, -0.1) is 0 Å². The van der Waals surface area contributed by atoms with Crippen LogP contribution in [0, 0.1) is 0 Å². The minimum atomic E-state index is -0.00598. The summed E-state index contributed by atoms with van der Waals surface area (Å²) < 4.78 is 7.69. The molecule has 0 aliphatic carbocycles. The number of hydrogen-bond donors (Lipinski definition) is 1. The van der Waals surface area contributed by atoms with E-state index in [-0.39, 0.29) is 6.61 Å². The minimum Gasteiger partial charge on any atom is -0.496 e. The Morgan fingerprint density at radius 3 is 2.72 bits per heavy atom. The van der Waals surface area contributed by atoms with Gasteiger partial charge >= 0.3 is 0 Å². The molecule has 0 unspecified atom stereocenters. The van der Waals surface area contributed by atoms with Crippen LogP contribution in [0.1, 0.15) is 18.1 Å². The van der Waals surface area contributed by atoms with Gasteiger partial charge in [-0.25, -0.2) is 4.98 Å². The van der Waals surface area contributed by atoms with Crippen LogP contribution in [0.15, 0.2) is 54.7 Å².